The molecular formula is C16H12FIO2. The van der Waals surface area contributed by atoms with Gasteiger partial charge in [0.25, 0.3) is 0 Å². The van der Waals surface area contributed by atoms with Gasteiger partial charge in [-0.05, 0) is 53.3 Å². The van der Waals surface area contributed by atoms with Crippen LogP contribution in [-0.4, -0.2) is 5.11 Å². The zero-order valence-electron chi connectivity index (χ0n) is 10.7. The van der Waals surface area contributed by atoms with Gasteiger partial charge < -0.3 is 9.52 Å². The highest BCUT2D eigenvalue weighted by atomic mass is 127. The normalized spacial score (nSPS) is 12.8. The Labute approximate surface area is 129 Å². The minimum atomic E-state index is -0.894. The lowest BCUT2D eigenvalue weighted by molar-refractivity contribution is 0.191. The number of aliphatic hydroxyl groups is 1. The Morgan fingerprint density at radius 2 is 2.00 bits per heavy atom. The Kier molecular flexibility index (Phi) is 3.52. The molecule has 102 valence electrons. The van der Waals surface area contributed by atoms with Crippen molar-refractivity contribution in [1.29, 1.82) is 0 Å². The predicted molar refractivity (Wildman–Crippen MR) is 84.1 cm³/mol. The number of aryl methyl sites for hydroxylation is 1. The number of benzene rings is 2. The third-order valence-corrected chi connectivity index (χ3v) is 4.22. The van der Waals surface area contributed by atoms with Crippen molar-refractivity contribution in [2.45, 2.75) is 13.0 Å². The van der Waals surface area contributed by atoms with Gasteiger partial charge in [-0.15, -0.1) is 0 Å². The molecule has 2 nitrogen and oxygen atoms in total. The van der Waals surface area contributed by atoms with Crippen molar-refractivity contribution in [3.63, 3.8) is 0 Å². The summed E-state index contributed by atoms with van der Waals surface area (Å²) in [5.74, 6) is 0.157. The molecule has 0 bridgehead atoms. The summed E-state index contributed by atoms with van der Waals surface area (Å²) in [6.07, 6.45) is -0.894. The van der Waals surface area contributed by atoms with Crippen LogP contribution in [0.5, 0.6) is 0 Å². The van der Waals surface area contributed by atoms with E-state index in [0.717, 1.165) is 16.5 Å². The van der Waals surface area contributed by atoms with Crippen LogP contribution in [0, 0.1) is 16.3 Å². The molecule has 0 aliphatic rings. The number of furan rings is 1. The van der Waals surface area contributed by atoms with Crippen molar-refractivity contribution in [1.82, 2.24) is 0 Å². The third kappa shape index (κ3) is 2.33. The first-order chi connectivity index (χ1) is 9.56. The highest BCUT2D eigenvalue weighted by Gasteiger charge is 2.18. The van der Waals surface area contributed by atoms with Crippen LogP contribution in [0.3, 0.4) is 0 Å². The van der Waals surface area contributed by atoms with Crippen LogP contribution in [0.15, 0.2) is 46.9 Å². The van der Waals surface area contributed by atoms with Crippen LogP contribution in [0.4, 0.5) is 4.39 Å². The van der Waals surface area contributed by atoms with Crippen LogP contribution in [0.2, 0.25) is 0 Å². The molecule has 0 spiro atoms. The molecule has 3 aromatic rings. The first kappa shape index (κ1) is 13.6. The van der Waals surface area contributed by atoms with Crippen molar-refractivity contribution in [2.24, 2.45) is 0 Å². The van der Waals surface area contributed by atoms with E-state index in [2.05, 4.69) is 0 Å². The Bertz CT molecular complexity index is 779. The maximum Gasteiger partial charge on any atom is 0.138 e. The van der Waals surface area contributed by atoms with E-state index in [4.69, 9.17) is 4.42 Å². The van der Waals surface area contributed by atoms with E-state index >= 15 is 0 Å². The van der Waals surface area contributed by atoms with E-state index in [1.54, 1.807) is 6.07 Å². The summed E-state index contributed by atoms with van der Waals surface area (Å²) >= 11 is 2.01. The summed E-state index contributed by atoms with van der Waals surface area (Å²) in [6.45, 7) is 1.96. The van der Waals surface area contributed by atoms with Crippen molar-refractivity contribution in [3.8, 4) is 0 Å². The number of rotatable bonds is 2. The number of fused-ring (bicyclic) bond motifs is 1. The van der Waals surface area contributed by atoms with Crippen LogP contribution < -0.4 is 0 Å². The molecule has 1 heterocycles. The number of aliphatic hydroxyl groups excluding tert-OH is 1. The van der Waals surface area contributed by atoms with E-state index in [1.165, 1.54) is 12.1 Å². The molecule has 1 N–H and O–H groups in total. The van der Waals surface area contributed by atoms with Crippen molar-refractivity contribution >= 4 is 33.6 Å². The molecule has 1 unspecified atom stereocenters. The van der Waals surface area contributed by atoms with Crippen LogP contribution in [0.25, 0.3) is 11.0 Å². The van der Waals surface area contributed by atoms with Gasteiger partial charge in [-0.25, -0.2) is 4.39 Å². The van der Waals surface area contributed by atoms with Gasteiger partial charge in [0.1, 0.15) is 23.3 Å². The topological polar surface area (TPSA) is 33.4 Å². The van der Waals surface area contributed by atoms with E-state index in [1.807, 2.05) is 53.8 Å². The fourth-order valence-electron chi connectivity index (χ4n) is 2.24. The lowest BCUT2D eigenvalue weighted by Crippen LogP contribution is -2.01. The quantitative estimate of drug-likeness (QED) is 0.659. The van der Waals surface area contributed by atoms with E-state index in [0.29, 0.717) is 14.9 Å². The standard InChI is InChI=1S/C16H12FIO2/c1-9-3-2-4-10-7-14(20-16(9)10)15(19)12-6-5-11(17)8-13(12)18/h2-8,15,19H,1H3. The average molecular weight is 382 g/mol. The minimum Gasteiger partial charge on any atom is -0.458 e. The first-order valence-corrected chi connectivity index (χ1v) is 7.26. The maximum absolute atomic E-state index is 13.1. The summed E-state index contributed by atoms with van der Waals surface area (Å²) in [5, 5.41) is 11.4. The van der Waals surface area contributed by atoms with Gasteiger partial charge >= 0.3 is 0 Å². The predicted octanol–water partition coefficient (Wildman–Crippen LogP) is 4.57. The average Bonchev–Trinajstić information content (AvgIpc) is 2.83. The van der Waals surface area contributed by atoms with Gasteiger partial charge in [0.2, 0.25) is 0 Å². The van der Waals surface area contributed by atoms with Gasteiger partial charge in [-0.3, -0.25) is 0 Å². The molecular weight excluding hydrogens is 370 g/mol. The molecule has 20 heavy (non-hydrogen) atoms. The monoisotopic (exact) mass is 382 g/mol. The van der Waals surface area contributed by atoms with Gasteiger partial charge in [-0.1, -0.05) is 24.3 Å². The van der Waals surface area contributed by atoms with E-state index in [-0.39, 0.29) is 5.82 Å². The Morgan fingerprint density at radius 1 is 1.20 bits per heavy atom. The molecule has 0 radical (unpaired) electrons. The maximum atomic E-state index is 13.1. The molecule has 0 amide bonds. The lowest BCUT2D eigenvalue weighted by Gasteiger charge is -2.10. The molecule has 0 aliphatic heterocycles. The van der Waals surface area contributed by atoms with Crippen molar-refractivity contribution in [2.75, 3.05) is 0 Å². The highest BCUT2D eigenvalue weighted by Crippen LogP contribution is 2.31. The molecule has 1 aromatic heterocycles. The van der Waals surface area contributed by atoms with E-state index < -0.39 is 6.10 Å². The lowest BCUT2D eigenvalue weighted by atomic mass is 10.1. The highest BCUT2D eigenvalue weighted by molar-refractivity contribution is 14.1. The molecule has 1 atom stereocenters. The smallest absolute Gasteiger partial charge is 0.138 e. The molecule has 4 heteroatoms. The number of hydrogen-bond donors (Lipinski definition) is 1. The van der Waals surface area contributed by atoms with E-state index in [9.17, 15) is 9.50 Å². The molecule has 3 rings (SSSR count). The Hall–Kier alpha value is -1.40. The Balaban J connectivity index is 2.08. The molecule has 0 saturated heterocycles. The summed E-state index contributed by atoms with van der Waals surface area (Å²) in [6, 6.07) is 12.0. The first-order valence-electron chi connectivity index (χ1n) is 6.18. The van der Waals surface area contributed by atoms with Crippen LogP contribution >= 0.6 is 22.6 Å². The summed E-state index contributed by atoms with van der Waals surface area (Å²) < 4.78 is 19.6. The Morgan fingerprint density at radius 3 is 2.70 bits per heavy atom. The fourth-order valence-corrected chi connectivity index (χ4v) is 3.01. The summed E-state index contributed by atoms with van der Waals surface area (Å²) in [7, 11) is 0. The van der Waals surface area contributed by atoms with Crippen molar-refractivity contribution < 1.29 is 13.9 Å². The number of hydrogen-bond acceptors (Lipinski definition) is 2. The zero-order valence-corrected chi connectivity index (χ0v) is 12.9. The fraction of sp³-hybridized carbons (Fsp3) is 0.125. The molecule has 0 aliphatic carbocycles. The van der Waals surface area contributed by atoms with Gasteiger partial charge in [0.05, 0.1) is 0 Å². The molecule has 0 saturated carbocycles. The number of para-hydroxylation sites is 1. The third-order valence-electron chi connectivity index (χ3n) is 3.29. The number of halogens is 2. The molecule has 0 fully saturated rings. The zero-order chi connectivity index (χ0) is 14.3. The van der Waals surface area contributed by atoms with Gasteiger partial charge in [-0.2, -0.15) is 0 Å². The molecule has 2 aromatic carbocycles. The van der Waals surface area contributed by atoms with Gasteiger partial charge in [0, 0.05) is 14.5 Å². The summed E-state index contributed by atoms with van der Waals surface area (Å²) in [5.41, 5.74) is 2.44. The second-order valence-electron chi connectivity index (χ2n) is 4.71. The van der Waals surface area contributed by atoms with Crippen molar-refractivity contribution in [3.05, 3.63) is 68.7 Å². The van der Waals surface area contributed by atoms with Crippen LogP contribution in [-0.2, 0) is 0 Å². The largest absolute Gasteiger partial charge is 0.458 e. The second-order valence-corrected chi connectivity index (χ2v) is 5.87. The second kappa shape index (κ2) is 5.18. The summed E-state index contributed by atoms with van der Waals surface area (Å²) in [4.78, 5) is 0. The minimum absolute atomic E-state index is 0.314. The van der Waals surface area contributed by atoms with Gasteiger partial charge in [0.15, 0.2) is 0 Å². The SMILES string of the molecule is Cc1cccc2cc(C(O)c3ccc(F)cc3I)oc12. The van der Waals surface area contributed by atoms with Crippen LogP contribution in [0.1, 0.15) is 23.0 Å².